The van der Waals surface area contributed by atoms with E-state index in [4.69, 9.17) is 5.11 Å². The van der Waals surface area contributed by atoms with Gasteiger partial charge >= 0.3 is 0 Å². The minimum absolute atomic E-state index is 0.111. The fourth-order valence-electron chi connectivity index (χ4n) is 2.63. The second-order valence-electron chi connectivity index (χ2n) is 5.69. The third-order valence-corrected chi connectivity index (χ3v) is 3.97. The SMILES string of the molecule is CC(C)C1CCN(C(=O)c2ccc(F)cc2C#CCO)C1. The van der Waals surface area contributed by atoms with Crippen molar-refractivity contribution in [3.8, 4) is 11.8 Å². The molecular formula is C17H20FNO2. The van der Waals surface area contributed by atoms with Crippen LogP contribution in [0.15, 0.2) is 18.2 Å². The second-order valence-corrected chi connectivity index (χ2v) is 5.69. The van der Waals surface area contributed by atoms with Crippen molar-refractivity contribution >= 4 is 5.91 Å². The van der Waals surface area contributed by atoms with Crippen molar-refractivity contribution in [1.29, 1.82) is 0 Å². The lowest BCUT2D eigenvalue weighted by atomic mass is 9.95. The third-order valence-electron chi connectivity index (χ3n) is 3.97. The fourth-order valence-corrected chi connectivity index (χ4v) is 2.63. The number of rotatable bonds is 2. The van der Waals surface area contributed by atoms with Crippen molar-refractivity contribution in [3.63, 3.8) is 0 Å². The number of amides is 1. The molecule has 0 bridgehead atoms. The Balaban J connectivity index is 2.23. The van der Waals surface area contributed by atoms with E-state index in [1.165, 1.54) is 18.2 Å². The molecule has 0 aliphatic carbocycles. The molecule has 1 fully saturated rings. The molecule has 0 aromatic heterocycles. The molecule has 1 heterocycles. The summed E-state index contributed by atoms with van der Waals surface area (Å²) in [7, 11) is 0. The molecule has 1 aromatic carbocycles. The van der Waals surface area contributed by atoms with Gasteiger partial charge in [-0.15, -0.1) is 0 Å². The molecule has 1 amide bonds. The Labute approximate surface area is 124 Å². The summed E-state index contributed by atoms with van der Waals surface area (Å²) in [6.45, 7) is 5.47. The largest absolute Gasteiger partial charge is 0.384 e. The zero-order valence-electron chi connectivity index (χ0n) is 12.4. The summed E-state index contributed by atoms with van der Waals surface area (Å²) in [5.41, 5.74) is 0.740. The van der Waals surface area contributed by atoms with Crippen molar-refractivity contribution < 1.29 is 14.3 Å². The van der Waals surface area contributed by atoms with Crippen LogP contribution in [-0.4, -0.2) is 35.6 Å². The van der Waals surface area contributed by atoms with Crippen LogP contribution < -0.4 is 0 Å². The Hall–Kier alpha value is -1.86. The maximum Gasteiger partial charge on any atom is 0.255 e. The lowest BCUT2D eigenvalue weighted by molar-refractivity contribution is 0.0783. The lowest BCUT2D eigenvalue weighted by Crippen LogP contribution is -2.30. The Morgan fingerprint density at radius 2 is 2.29 bits per heavy atom. The highest BCUT2D eigenvalue weighted by atomic mass is 19.1. The average molecular weight is 289 g/mol. The summed E-state index contributed by atoms with van der Waals surface area (Å²) < 4.78 is 13.3. The second kappa shape index (κ2) is 6.73. The minimum atomic E-state index is -0.435. The number of carbonyl (C=O) groups is 1. The summed E-state index contributed by atoms with van der Waals surface area (Å²) in [5, 5.41) is 8.77. The first kappa shape index (κ1) is 15.5. The number of carbonyl (C=O) groups excluding carboxylic acids is 1. The predicted molar refractivity (Wildman–Crippen MR) is 79.2 cm³/mol. The standard InChI is InChI=1S/C17H20FNO2/c1-12(2)14-7-8-19(11-14)17(21)16-6-5-15(18)10-13(16)4-3-9-20/h5-6,10,12,14,20H,7-9,11H2,1-2H3. The predicted octanol–water partition coefficient (Wildman–Crippen LogP) is 2.29. The van der Waals surface area contributed by atoms with Gasteiger partial charge in [0.1, 0.15) is 12.4 Å². The smallest absolute Gasteiger partial charge is 0.255 e. The Bertz CT molecular complexity index is 586. The number of aliphatic hydroxyl groups excluding tert-OH is 1. The summed E-state index contributed by atoms with van der Waals surface area (Å²) in [5.74, 6) is 5.64. The maximum atomic E-state index is 13.3. The van der Waals surface area contributed by atoms with Crippen LogP contribution in [0, 0.1) is 29.5 Å². The maximum absolute atomic E-state index is 13.3. The van der Waals surface area contributed by atoms with Crippen molar-refractivity contribution in [2.45, 2.75) is 20.3 Å². The van der Waals surface area contributed by atoms with Gasteiger partial charge < -0.3 is 10.0 Å². The Morgan fingerprint density at radius 3 is 2.90 bits per heavy atom. The highest BCUT2D eigenvalue weighted by Crippen LogP contribution is 2.25. The molecule has 1 aromatic rings. The van der Waals surface area contributed by atoms with E-state index in [-0.39, 0.29) is 12.5 Å². The summed E-state index contributed by atoms with van der Waals surface area (Å²) in [6, 6.07) is 3.99. The number of halogens is 1. The van der Waals surface area contributed by atoms with Gasteiger partial charge in [-0.1, -0.05) is 25.7 Å². The van der Waals surface area contributed by atoms with Crippen LogP contribution in [0.2, 0.25) is 0 Å². The van der Waals surface area contributed by atoms with E-state index in [9.17, 15) is 9.18 Å². The number of aliphatic hydroxyl groups is 1. The van der Waals surface area contributed by atoms with Gasteiger partial charge in [0.05, 0.1) is 5.56 Å². The van der Waals surface area contributed by atoms with Gasteiger partial charge in [-0.2, -0.15) is 0 Å². The number of nitrogens with zero attached hydrogens (tertiary/aromatic N) is 1. The van der Waals surface area contributed by atoms with Crippen LogP contribution in [-0.2, 0) is 0 Å². The van der Waals surface area contributed by atoms with Gasteiger partial charge in [-0.05, 0) is 36.5 Å². The number of hydrogen-bond donors (Lipinski definition) is 1. The molecule has 0 radical (unpaired) electrons. The summed E-state index contributed by atoms with van der Waals surface area (Å²) in [6.07, 6.45) is 1.00. The number of benzene rings is 1. The molecule has 1 aliphatic heterocycles. The van der Waals surface area contributed by atoms with Crippen LogP contribution in [0.1, 0.15) is 36.2 Å². The van der Waals surface area contributed by atoms with E-state index < -0.39 is 5.82 Å². The van der Waals surface area contributed by atoms with Gasteiger partial charge in [-0.25, -0.2) is 4.39 Å². The first-order chi connectivity index (χ1) is 10.0. The zero-order valence-corrected chi connectivity index (χ0v) is 12.4. The van der Waals surface area contributed by atoms with Crippen molar-refractivity contribution in [3.05, 3.63) is 35.1 Å². The molecule has 3 nitrogen and oxygen atoms in total. The van der Waals surface area contributed by atoms with Gasteiger partial charge in [0.2, 0.25) is 0 Å². The topological polar surface area (TPSA) is 40.5 Å². The monoisotopic (exact) mass is 289 g/mol. The van der Waals surface area contributed by atoms with Gasteiger partial charge in [0.25, 0.3) is 5.91 Å². The van der Waals surface area contributed by atoms with E-state index in [0.717, 1.165) is 19.5 Å². The summed E-state index contributed by atoms with van der Waals surface area (Å²) >= 11 is 0. The summed E-state index contributed by atoms with van der Waals surface area (Å²) in [4.78, 5) is 14.4. The molecule has 0 spiro atoms. The highest BCUT2D eigenvalue weighted by molar-refractivity contribution is 5.97. The average Bonchev–Trinajstić information content (AvgIpc) is 2.94. The molecule has 1 aliphatic rings. The zero-order chi connectivity index (χ0) is 15.4. The van der Waals surface area contributed by atoms with E-state index >= 15 is 0 Å². The van der Waals surface area contributed by atoms with E-state index in [1.54, 1.807) is 0 Å². The Kier molecular flexibility index (Phi) is 4.98. The molecule has 21 heavy (non-hydrogen) atoms. The van der Waals surface area contributed by atoms with Gasteiger partial charge in [0.15, 0.2) is 0 Å². The molecule has 2 rings (SSSR count). The first-order valence-corrected chi connectivity index (χ1v) is 7.21. The molecule has 1 N–H and O–H groups in total. The molecule has 1 atom stereocenters. The van der Waals surface area contributed by atoms with Crippen LogP contribution in [0.25, 0.3) is 0 Å². The fraction of sp³-hybridized carbons (Fsp3) is 0.471. The van der Waals surface area contributed by atoms with Crippen molar-refractivity contribution in [2.75, 3.05) is 19.7 Å². The van der Waals surface area contributed by atoms with Crippen molar-refractivity contribution in [1.82, 2.24) is 4.90 Å². The van der Waals surface area contributed by atoms with E-state index in [2.05, 4.69) is 25.7 Å². The highest BCUT2D eigenvalue weighted by Gasteiger charge is 2.29. The molecule has 1 saturated heterocycles. The Morgan fingerprint density at radius 1 is 1.52 bits per heavy atom. The third kappa shape index (κ3) is 3.62. The molecular weight excluding hydrogens is 269 g/mol. The van der Waals surface area contributed by atoms with Gasteiger partial charge in [0, 0.05) is 18.7 Å². The number of hydrogen-bond acceptors (Lipinski definition) is 2. The molecule has 4 heteroatoms. The van der Waals surface area contributed by atoms with Crippen LogP contribution in [0.3, 0.4) is 0 Å². The molecule has 1 unspecified atom stereocenters. The minimum Gasteiger partial charge on any atom is -0.384 e. The van der Waals surface area contributed by atoms with Gasteiger partial charge in [-0.3, -0.25) is 4.79 Å². The molecule has 112 valence electrons. The normalized spacial score (nSPS) is 17.8. The van der Waals surface area contributed by atoms with Crippen molar-refractivity contribution in [2.24, 2.45) is 11.8 Å². The number of likely N-dealkylation sites (tertiary alicyclic amines) is 1. The molecule has 0 saturated carbocycles. The quantitative estimate of drug-likeness (QED) is 0.849. The van der Waals surface area contributed by atoms with Crippen LogP contribution >= 0.6 is 0 Å². The van der Waals surface area contributed by atoms with E-state index in [0.29, 0.717) is 23.0 Å². The van der Waals surface area contributed by atoms with Crippen LogP contribution in [0.4, 0.5) is 4.39 Å². The first-order valence-electron chi connectivity index (χ1n) is 7.21. The van der Waals surface area contributed by atoms with E-state index in [1.807, 2.05) is 4.90 Å². The lowest BCUT2D eigenvalue weighted by Gasteiger charge is -2.19. The van der Waals surface area contributed by atoms with Crippen LogP contribution in [0.5, 0.6) is 0 Å².